The number of hydrogen-bond donors (Lipinski definition) is 2. The van der Waals surface area contributed by atoms with Crippen LogP contribution in [0.3, 0.4) is 0 Å². The van der Waals surface area contributed by atoms with E-state index in [9.17, 15) is 4.79 Å². The molecule has 0 rings (SSSR count). The van der Waals surface area contributed by atoms with Crippen molar-refractivity contribution in [2.24, 2.45) is 0 Å². The number of carbonyl (C=O) groups is 1. The summed E-state index contributed by atoms with van der Waals surface area (Å²) < 4.78 is 4.85. The Kier molecular flexibility index (Phi) is 18.3. The summed E-state index contributed by atoms with van der Waals surface area (Å²) in [5, 5.41) is 17.7. The molecule has 0 bridgehead atoms. The lowest BCUT2D eigenvalue weighted by molar-refractivity contribution is -0.147. The van der Waals surface area contributed by atoms with Crippen molar-refractivity contribution in [1.29, 1.82) is 0 Å². The fourth-order valence-corrected chi connectivity index (χ4v) is 2.41. The van der Waals surface area contributed by atoms with Gasteiger partial charge in [0.25, 0.3) is 0 Å². The summed E-state index contributed by atoms with van der Waals surface area (Å²) in [7, 11) is 0. The second kappa shape index (κ2) is 19.2. The molecule has 25 heavy (non-hydrogen) atoms. The third kappa shape index (κ3) is 19.0. The third-order valence-corrected chi connectivity index (χ3v) is 4.01. The van der Waals surface area contributed by atoms with Crippen LogP contribution in [0.4, 0.5) is 0 Å². The van der Waals surface area contributed by atoms with Crippen molar-refractivity contribution in [3.05, 3.63) is 24.3 Å². The van der Waals surface area contributed by atoms with E-state index >= 15 is 0 Å². The standard InChI is InChI=1S/C21H38O4/c1-2-3-4-5-6-7-8-9-10-11-12-13-14-15-16-17-21(24)25-19-20(23)18-22/h7-10,20,22-23H,2-6,11-19H2,1H3. The summed E-state index contributed by atoms with van der Waals surface area (Å²) in [6.45, 7) is 1.74. The normalized spacial score (nSPS) is 12.9. The summed E-state index contributed by atoms with van der Waals surface area (Å²) in [5.41, 5.74) is 0. The Hall–Kier alpha value is -1.13. The number of aliphatic hydroxyl groups excluding tert-OH is 2. The first-order chi connectivity index (χ1) is 12.2. The number of rotatable bonds is 17. The predicted molar refractivity (Wildman–Crippen MR) is 103 cm³/mol. The number of aliphatic hydroxyl groups is 2. The lowest BCUT2D eigenvalue weighted by Crippen LogP contribution is -2.21. The molecule has 0 aliphatic rings. The van der Waals surface area contributed by atoms with Crippen LogP contribution in [0.15, 0.2) is 24.3 Å². The molecule has 0 aromatic heterocycles. The Morgan fingerprint density at radius 2 is 1.48 bits per heavy atom. The average molecular weight is 355 g/mol. The Bertz CT molecular complexity index is 350. The zero-order valence-corrected chi connectivity index (χ0v) is 16.0. The van der Waals surface area contributed by atoms with Gasteiger partial charge in [-0.2, -0.15) is 0 Å². The molecule has 146 valence electrons. The predicted octanol–water partition coefficient (Wildman–Crippen LogP) is 4.70. The minimum atomic E-state index is -0.965. The van der Waals surface area contributed by atoms with E-state index in [1.54, 1.807) is 0 Å². The van der Waals surface area contributed by atoms with Crippen LogP contribution < -0.4 is 0 Å². The van der Waals surface area contributed by atoms with Crippen molar-refractivity contribution in [1.82, 2.24) is 0 Å². The molecular weight excluding hydrogens is 316 g/mol. The molecule has 0 fully saturated rings. The monoisotopic (exact) mass is 354 g/mol. The molecule has 0 spiro atoms. The molecule has 0 aromatic carbocycles. The first-order valence-electron chi connectivity index (χ1n) is 9.97. The number of carbonyl (C=O) groups excluding carboxylic acids is 1. The smallest absolute Gasteiger partial charge is 0.305 e. The molecule has 0 aliphatic carbocycles. The maximum absolute atomic E-state index is 11.4. The summed E-state index contributed by atoms with van der Waals surface area (Å²) in [6.07, 6.45) is 21.1. The molecule has 0 saturated heterocycles. The molecule has 4 nitrogen and oxygen atoms in total. The van der Waals surface area contributed by atoms with E-state index in [0.29, 0.717) is 6.42 Å². The highest BCUT2D eigenvalue weighted by Gasteiger charge is 2.07. The number of allylic oxidation sites excluding steroid dienone is 4. The molecule has 1 atom stereocenters. The SMILES string of the molecule is CCCCCCC=CC=CCCCCCCCC(=O)OCC(O)CO. The van der Waals surface area contributed by atoms with Crippen molar-refractivity contribution in [3.63, 3.8) is 0 Å². The van der Waals surface area contributed by atoms with Gasteiger partial charge in [-0.25, -0.2) is 0 Å². The van der Waals surface area contributed by atoms with E-state index < -0.39 is 6.10 Å². The van der Waals surface area contributed by atoms with Gasteiger partial charge in [0, 0.05) is 6.42 Å². The van der Waals surface area contributed by atoms with E-state index in [4.69, 9.17) is 14.9 Å². The van der Waals surface area contributed by atoms with Crippen molar-refractivity contribution in [3.8, 4) is 0 Å². The fraction of sp³-hybridized carbons (Fsp3) is 0.762. The molecule has 0 heterocycles. The van der Waals surface area contributed by atoms with E-state index in [1.165, 1.54) is 44.9 Å². The lowest BCUT2D eigenvalue weighted by Gasteiger charge is -2.08. The van der Waals surface area contributed by atoms with Crippen LogP contribution in [0, 0.1) is 0 Å². The Morgan fingerprint density at radius 1 is 0.920 bits per heavy atom. The van der Waals surface area contributed by atoms with Gasteiger partial charge in [0.1, 0.15) is 12.7 Å². The van der Waals surface area contributed by atoms with Gasteiger partial charge in [-0.05, 0) is 32.1 Å². The van der Waals surface area contributed by atoms with Crippen molar-refractivity contribution < 1.29 is 19.7 Å². The Balaban J connectivity index is 3.31. The number of unbranched alkanes of at least 4 members (excludes halogenated alkanes) is 9. The summed E-state index contributed by atoms with van der Waals surface area (Å²) in [6, 6.07) is 0. The summed E-state index contributed by atoms with van der Waals surface area (Å²) >= 11 is 0. The maximum atomic E-state index is 11.4. The lowest BCUT2D eigenvalue weighted by atomic mass is 10.1. The van der Waals surface area contributed by atoms with Gasteiger partial charge in [0.2, 0.25) is 0 Å². The second-order valence-electron chi connectivity index (χ2n) is 6.53. The molecular formula is C21H38O4. The third-order valence-electron chi connectivity index (χ3n) is 4.01. The van der Waals surface area contributed by atoms with Gasteiger partial charge in [-0.3, -0.25) is 4.79 Å². The average Bonchev–Trinajstić information content (AvgIpc) is 2.62. The van der Waals surface area contributed by atoms with E-state index in [2.05, 4.69) is 31.2 Å². The molecule has 0 saturated carbocycles. The van der Waals surface area contributed by atoms with Gasteiger partial charge in [-0.15, -0.1) is 0 Å². The molecule has 1 unspecified atom stereocenters. The minimum absolute atomic E-state index is 0.116. The van der Waals surface area contributed by atoms with Crippen LogP contribution in [-0.2, 0) is 9.53 Å². The highest BCUT2D eigenvalue weighted by molar-refractivity contribution is 5.69. The van der Waals surface area contributed by atoms with Crippen LogP contribution in [0.1, 0.15) is 84.0 Å². The second-order valence-corrected chi connectivity index (χ2v) is 6.53. The zero-order chi connectivity index (χ0) is 18.6. The molecule has 0 radical (unpaired) electrons. The zero-order valence-electron chi connectivity index (χ0n) is 16.0. The first kappa shape index (κ1) is 23.9. The van der Waals surface area contributed by atoms with Gasteiger partial charge >= 0.3 is 5.97 Å². The Labute approximate surface area is 154 Å². The van der Waals surface area contributed by atoms with Crippen molar-refractivity contribution >= 4 is 5.97 Å². The van der Waals surface area contributed by atoms with E-state index in [-0.39, 0.29) is 19.2 Å². The topological polar surface area (TPSA) is 66.8 Å². The summed E-state index contributed by atoms with van der Waals surface area (Å²) in [4.78, 5) is 11.4. The Morgan fingerprint density at radius 3 is 2.08 bits per heavy atom. The molecule has 0 aromatic rings. The number of esters is 1. The number of ether oxygens (including phenoxy) is 1. The van der Waals surface area contributed by atoms with Crippen molar-refractivity contribution in [2.75, 3.05) is 13.2 Å². The van der Waals surface area contributed by atoms with Crippen LogP contribution in [0.5, 0.6) is 0 Å². The van der Waals surface area contributed by atoms with Crippen LogP contribution >= 0.6 is 0 Å². The van der Waals surface area contributed by atoms with Gasteiger partial charge in [-0.1, -0.05) is 69.8 Å². The maximum Gasteiger partial charge on any atom is 0.305 e. The minimum Gasteiger partial charge on any atom is -0.463 e. The van der Waals surface area contributed by atoms with E-state index in [1.807, 2.05) is 0 Å². The molecule has 2 N–H and O–H groups in total. The molecule has 4 heteroatoms. The molecule has 0 aliphatic heterocycles. The highest BCUT2D eigenvalue weighted by atomic mass is 16.5. The highest BCUT2D eigenvalue weighted by Crippen LogP contribution is 2.08. The van der Waals surface area contributed by atoms with Gasteiger partial charge in [0.05, 0.1) is 6.61 Å². The van der Waals surface area contributed by atoms with Gasteiger partial charge < -0.3 is 14.9 Å². The van der Waals surface area contributed by atoms with Crippen LogP contribution in [0.2, 0.25) is 0 Å². The van der Waals surface area contributed by atoms with Crippen molar-refractivity contribution in [2.45, 2.75) is 90.1 Å². The van der Waals surface area contributed by atoms with Crippen LogP contribution in [0.25, 0.3) is 0 Å². The summed E-state index contributed by atoms with van der Waals surface area (Å²) in [5.74, 6) is -0.295. The van der Waals surface area contributed by atoms with Crippen LogP contribution in [-0.4, -0.2) is 35.5 Å². The van der Waals surface area contributed by atoms with E-state index in [0.717, 1.165) is 25.7 Å². The number of hydrogen-bond acceptors (Lipinski definition) is 4. The quantitative estimate of drug-likeness (QED) is 0.226. The largest absolute Gasteiger partial charge is 0.463 e. The van der Waals surface area contributed by atoms with Gasteiger partial charge in [0.15, 0.2) is 0 Å². The molecule has 0 amide bonds. The fourth-order valence-electron chi connectivity index (χ4n) is 2.41. The first-order valence-corrected chi connectivity index (χ1v) is 9.97.